The highest BCUT2D eigenvalue weighted by molar-refractivity contribution is 5.04. The van der Waals surface area contributed by atoms with Crippen LogP contribution in [0, 0.1) is 0 Å². The van der Waals surface area contributed by atoms with E-state index in [9.17, 15) is 9.59 Å². The van der Waals surface area contributed by atoms with Gasteiger partial charge in [-0.2, -0.15) is 0 Å². The lowest BCUT2D eigenvalue weighted by Gasteiger charge is -2.03. The van der Waals surface area contributed by atoms with Gasteiger partial charge in [0.15, 0.2) is 0 Å². The molecule has 66 valence electrons. The van der Waals surface area contributed by atoms with E-state index >= 15 is 0 Å². The van der Waals surface area contributed by atoms with Crippen LogP contribution in [-0.4, -0.2) is 9.13 Å². The number of aryl methyl sites for hydroxylation is 1. The molecule has 2 N–H and O–H groups in total. The minimum Gasteiger partial charge on any atom is -0.326 e. The van der Waals surface area contributed by atoms with E-state index in [4.69, 9.17) is 5.73 Å². The molecule has 0 saturated heterocycles. The number of rotatable bonds is 1. The molecule has 0 saturated carbocycles. The molecule has 0 bridgehead atoms. The van der Waals surface area contributed by atoms with E-state index in [0.29, 0.717) is 5.56 Å². The number of aromatic nitrogens is 2. The van der Waals surface area contributed by atoms with Gasteiger partial charge in [0.2, 0.25) is 0 Å². The summed E-state index contributed by atoms with van der Waals surface area (Å²) in [7, 11) is 3.02. The van der Waals surface area contributed by atoms with E-state index in [1.807, 2.05) is 0 Å². The zero-order valence-corrected chi connectivity index (χ0v) is 7.07. The van der Waals surface area contributed by atoms with Crippen molar-refractivity contribution in [3.8, 4) is 0 Å². The second-order valence-electron chi connectivity index (χ2n) is 2.62. The normalized spacial score (nSPS) is 10.2. The molecule has 1 heterocycles. The van der Waals surface area contributed by atoms with Gasteiger partial charge in [-0.15, -0.1) is 0 Å². The summed E-state index contributed by atoms with van der Waals surface area (Å²) in [6.07, 6.45) is 1.46. The van der Waals surface area contributed by atoms with Crippen LogP contribution in [0.5, 0.6) is 0 Å². The summed E-state index contributed by atoms with van der Waals surface area (Å²) in [4.78, 5) is 22.4. The Morgan fingerprint density at radius 1 is 1.42 bits per heavy atom. The third-order valence-corrected chi connectivity index (χ3v) is 1.74. The van der Waals surface area contributed by atoms with E-state index in [1.165, 1.54) is 17.8 Å². The predicted molar refractivity (Wildman–Crippen MR) is 44.8 cm³/mol. The monoisotopic (exact) mass is 169 g/mol. The van der Waals surface area contributed by atoms with Gasteiger partial charge in [0.05, 0.1) is 0 Å². The summed E-state index contributed by atoms with van der Waals surface area (Å²) in [5.41, 5.74) is 5.10. The highest BCUT2D eigenvalue weighted by Gasteiger charge is 2.03. The van der Waals surface area contributed by atoms with Crippen molar-refractivity contribution in [2.75, 3.05) is 0 Å². The number of hydrogen-bond acceptors (Lipinski definition) is 3. The molecule has 0 aromatic carbocycles. The van der Waals surface area contributed by atoms with E-state index in [-0.39, 0.29) is 17.8 Å². The molecule has 0 spiro atoms. The summed E-state index contributed by atoms with van der Waals surface area (Å²) in [6, 6.07) is 0. The zero-order valence-electron chi connectivity index (χ0n) is 7.07. The topological polar surface area (TPSA) is 70.0 Å². The lowest BCUT2D eigenvalue weighted by atomic mass is 10.3. The SMILES string of the molecule is Cn1cc(CN)c(=O)n(C)c1=O. The van der Waals surface area contributed by atoms with Gasteiger partial charge in [-0.25, -0.2) is 4.79 Å². The van der Waals surface area contributed by atoms with Gasteiger partial charge >= 0.3 is 5.69 Å². The minimum absolute atomic E-state index is 0.154. The van der Waals surface area contributed by atoms with Gasteiger partial charge < -0.3 is 10.3 Å². The summed E-state index contributed by atoms with van der Waals surface area (Å²) >= 11 is 0. The average molecular weight is 169 g/mol. The molecule has 1 aromatic heterocycles. The van der Waals surface area contributed by atoms with Crippen molar-refractivity contribution in [3.63, 3.8) is 0 Å². The van der Waals surface area contributed by atoms with E-state index < -0.39 is 0 Å². The van der Waals surface area contributed by atoms with Crippen LogP contribution in [0.4, 0.5) is 0 Å². The Morgan fingerprint density at radius 2 is 2.00 bits per heavy atom. The highest BCUT2D eigenvalue weighted by Crippen LogP contribution is 1.83. The van der Waals surface area contributed by atoms with Crippen LogP contribution >= 0.6 is 0 Å². The maximum atomic E-state index is 11.2. The van der Waals surface area contributed by atoms with Crippen molar-refractivity contribution in [2.45, 2.75) is 6.54 Å². The summed E-state index contributed by atoms with van der Waals surface area (Å²) in [6.45, 7) is 0.154. The molecule has 0 radical (unpaired) electrons. The molecule has 0 aliphatic heterocycles. The van der Waals surface area contributed by atoms with Crippen molar-refractivity contribution in [3.05, 3.63) is 32.6 Å². The molecule has 0 aliphatic rings. The fraction of sp³-hybridized carbons (Fsp3) is 0.429. The first-order chi connectivity index (χ1) is 5.57. The smallest absolute Gasteiger partial charge is 0.326 e. The van der Waals surface area contributed by atoms with Crippen molar-refractivity contribution >= 4 is 0 Å². The van der Waals surface area contributed by atoms with Crippen LogP contribution in [0.1, 0.15) is 5.56 Å². The fourth-order valence-electron chi connectivity index (χ4n) is 1.02. The van der Waals surface area contributed by atoms with Crippen LogP contribution in [0.2, 0.25) is 0 Å². The maximum Gasteiger partial charge on any atom is 0.330 e. The van der Waals surface area contributed by atoms with Gasteiger partial charge in [0.1, 0.15) is 0 Å². The second kappa shape index (κ2) is 2.94. The number of nitrogens with zero attached hydrogens (tertiary/aromatic N) is 2. The first-order valence-corrected chi connectivity index (χ1v) is 3.53. The molecule has 0 unspecified atom stereocenters. The fourth-order valence-corrected chi connectivity index (χ4v) is 1.02. The molecule has 0 atom stereocenters. The molecular weight excluding hydrogens is 158 g/mol. The third kappa shape index (κ3) is 1.18. The average Bonchev–Trinajstić information content (AvgIpc) is 2.08. The molecule has 12 heavy (non-hydrogen) atoms. The first-order valence-electron chi connectivity index (χ1n) is 3.53. The molecule has 0 amide bonds. The Morgan fingerprint density at radius 3 is 2.50 bits per heavy atom. The third-order valence-electron chi connectivity index (χ3n) is 1.74. The Labute approximate surface area is 69.0 Å². The Kier molecular flexibility index (Phi) is 2.14. The predicted octanol–water partition coefficient (Wildman–Crippen LogP) is -1.46. The zero-order chi connectivity index (χ0) is 9.30. The van der Waals surface area contributed by atoms with Crippen molar-refractivity contribution in [2.24, 2.45) is 19.8 Å². The van der Waals surface area contributed by atoms with Crippen molar-refractivity contribution < 1.29 is 0 Å². The Hall–Kier alpha value is -1.36. The van der Waals surface area contributed by atoms with Crippen LogP contribution in [0.3, 0.4) is 0 Å². The van der Waals surface area contributed by atoms with E-state index in [0.717, 1.165) is 4.57 Å². The lowest BCUT2D eigenvalue weighted by Crippen LogP contribution is -2.38. The molecule has 5 nitrogen and oxygen atoms in total. The van der Waals surface area contributed by atoms with Crippen LogP contribution in [0.15, 0.2) is 15.8 Å². The Balaban J connectivity index is 3.61. The standard InChI is InChI=1S/C7H11N3O2/c1-9-4-5(3-8)6(11)10(2)7(9)12/h4H,3,8H2,1-2H3. The molecule has 0 fully saturated rings. The highest BCUT2D eigenvalue weighted by atomic mass is 16.2. The lowest BCUT2D eigenvalue weighted by molar-refractivity contribution is 0.668. The van der Waals surface area contributed by atoms with Crippen LogP contribution in [0.25, 0.3) is 0 Å². The largest absolute Gasteiger partial charge is 0.330 e. The second-order valence-corrected chi connectivity index (χ2v) is 2.62. The minimum atomic E-state index is -0.336. The first kappa shape index (κ1) is 8.73. The van der Waals surface area contributed by atoms with Crippen LogP contribution < -0.4 is 17.0 Å². The van der Waals surface area contributed by atoms with Crippen molar-refractivity contribution in [1.29, 1.82) is 0 Å². The van der Waals surface area contributed by atoms with Gasteiger partial charge in [0.25, 0.3) is 5.56 Å². The van der Waals surface area contributed by atoms with E-state index in [1.54, 1.807) is 7.05 Å². The van der Waals surface area contributed by atoms with Gasteiger partial charge in [0, 0.05) is 32.4 Å². The van der Waals surface area contributed by atoms with E-state index in [2.05, 4.69) is 0 Å². The van der Waals surface area contributed by atoms with Gasteiger partial charge in [-0.05, 0) is 0 Å². The number of hydrogen-bond donors (Lipinski definition) is 1. The van der Waals surface area contributed by atoms with Gasteiger partial charge in [-0.3, -0.25) is 9.36 Å². The summed E-state index contributed by atoms with van der Waals surface area (Å²) in [5, 5.41) is 0. The molecule has 1 aromatic rings. The maximum absolute atomic E-state index is 11.2. The quantitative estimate of drug-likeness (QED) is 0.558. The van der Waals surface area contributed by atoms with Crippen LogP contribution in [-0.2, 0) is 20.6 Å². The van der Waals surface area contributed by atoms with Crippen molar-refractivity contribution in [1.82, 2.24) is 9.13 Å². The summed E-state index contributed by atoms with van der Waals surface area (Å²) in [5.74, 6) is 0. The Bertz CT molecular complexity index is 402. The molecule has 0 aliphatic carbocycles. The number of nitrogens with two attached hydrogens (primary N) is 1. The molecule has 1 rings (SSSR count). The summed E-state index contributed by atoms with van der Waals surface area (Å²) < 4.78 is 2.38. The molecule has 5 heteroatoms. The molecular formula is C7H11N3O2. The van der Waals surface area contributed by atoms with Gasteiger partial charge in [-0.1, -0.05) is 0 Å².